The minimum absolute atomic E-state index is 0.0272. The van der Waals surface area contributed by atoms with Crippen molar-refractivity contribution in [2.75, 3.05) is 44.4 Å². The lowest BCUT2D eigenvalue weighted by Crippen LogP contribution is -2.42. The van der Waals surface area contributed by atoms with Gasteiger partial charge in [-0.3, -0.25) is 4.90 Å². The van der Waals surface area contributed by atoms with Gasteiger partial charge in [-0.2, -0.15) is 0 Å². The summed E-state index contributed by atoms with van der Waals surface area (Å²) in [4.78, 5) is 14.1. The van der Waals surface area contributed by atoms with Gasteiger partial charge in [0.2, 0.25) is 0 Å². The van der Waals surface area contributed by atoms with Crippen LogP contribution in [0.1, 0.15) is 39.5 Å². The lowest BCUT2D eigenvalue weighted by molar-refractivity contribution is -0.169. The van der Waals surface area contributed by atoms with Gasteiger partial charge in [0.25, 0.3) is 0 Å². The maximum atomic E-state index is 12.0. The first-order chi connectivity index (χ1) is 10.8. The van der Waals surface area contributed by atoms with Gasteiger partial charge in [0.05, 0.1) is 18.1 Å². The van der Waals surface area contributed by atoms with E-state index in [1.165, 1.54) is 0 Å². The van der Waals surface area contributed by atoms with Crippen LogP contribution in [0.2, 0.25) is 0 Å². The quantitative estimate of drug-likeness (QED) is 0.510. The average molecular weight is 347 g/mol. The molecule has 0 spiro atoms. The summed E-state index contributed by atoms with van der Waals surface area (Å²) in [5.74, 6) is 0.462. The van der Waals surface area contributed by atoms with Crippen LogP contribution in [-0.4, -0.2) is 69.2 Å². The monoisotopic (exact) mass is 347 g/mol. The van der Waals surface area contributed by atoms with Crippen molar-refractivity contribution < 1.29 is 22.7 Å². The molecule has 134 valence electrons. The Balaban J connectivity index is 1.63. The van der Waals surface area contributed by atoms with Gasteiger partial charge in [-0.25, -0.2) is 13.2 Å². The highest BCUT2D eigenvalue weighted by Gasteiger charge is 2.40. The molecule has 0 unspecified atom stereocenters. The Hall–Kier alpha value is -0.660. The van der Waals surface area contributed by atoms with Crippen LogP contribution in [0, 0.1) is 5.92 Å². The Morgan fingerprint density at radius 2 is 1.78 bits per heavy atom. The Kier molecular flexibility index (Phi) is 6.45. The standard InChI is InChI=1S/C16H29NO5S/c1-14(2)16(5-3-4-6-16)22-15(18)13-21-10-7-17-8-11-23(19,20)12-9-17/h14H,3-13H2,1-2H3. The normalized spacial score (nSPS) is 24.0. The lowest BCUT2D eigenvalue weighted by atomic mass is 9.88. The maximum absolute atomic E-state index is 12.0. The predicted molar refractivity (Wildman–Crippen MR) is 88.0 cm³/mol. The van der Waals surface area contributed by atoms with Gasteiger partial charge in [0, 0.05) is 19.6 Å². The van der Waals surface area contributed by atoms with E-state index in [9.17, 15) is 13.2 Å². The number of nitrogens with zero attached hydrogens (tertiary/aromatic N) is 1. The van der Waals surface area contributed by atoms with Crippen molar-refractivity contribution in [2.24, 2.45) is 5.92 Å². The molecule has 6 nitrogen and oxygen atoms in total. The predicted octanol–water partition coefficient (Wildman–Crippen LogP) is 1.25. The minimum atomic E-state index is -2.84. The van der Waals surface area contributed by atoms with Crippen molar-refractivity contribution in [1.82, 2.24) is 4.90 Å². The van der Waals surface area contributed by atoms with E-state index < -0.39 is 9.84 Å². The third-order valence-electron chi connectivity index (χ3n) is 5.03. The van der Waals surface area contributed by atoms with Crippen LogP contribution in [-0.2, 0) is 24.1 Å². The molecule has 1 saturated carbocycles. The first-order valence-corrected chi connectivity index (χ1v) is 10.4. The van der Waals surface area contributed by atoms with Crippen molar-refractivity contribution in [3.05, 3.63) is 0 Å². The Labute approximate surface area is 139 Å². The molecule has 1 saturated heterocycles. The molecule has 0 N–H and O–H groups in total. The highest BCUT2D eigenvalue weighted by atomic mass is 32.2. The number of carbonyl (C=O) groups excluding carboxylic acids is 1. The first kappa shape index (κ1) is 18.7. The molecule has 0 bridgehead atoms. The number of hydrogen-bond acceptors (Lipinski definition) is 6. The molecule has 23 heavy (non-hydrogen) atoms. The highest BCUT2D eigenvalue weighted by Crippen LogP contribution is 2.39. The molecule has 0 radical (unpaired) electrons. The summed E-state index contributed by atoms with van der Waals surface area (Å²) in [5.41, 5.74) is -0.304. The highest BCUT2D eigenvalue weighted by molar-refractivity contribution is 7.91. The molecule has 0 aromatic carbocycles. The molecule has 0 aromatic rings. The van der Waals surface area contributed by atoms with Crippen LogP contribution in [0.4, 0.5) is 0 Å². The molecule has 7 heteroatoms. The largest absolute Gasteiger partial charge is 0.457 e. The van der Waals surface area contributed by atoms with E-state index in [4.69, 9.17) is 9.47 Å². The van der Waals surface area contributed by atoms with E-state index in [0.717, 1.165) is 25.7 Å². The summed E-state index contributed by atoms with van der Waals surface area (Å²) >= 11 is 0. The third-order valence-corrected chi connectivity index (χ3v) is 6.64. The zero-order valence-corrected chi connectivity index (χ0v) is 15.1. The molecule has 0 atom stereocenters. The summed E-state index contributed by atoms with van der Waals surface area (Å²) in [6.45, 7) is 6.34. The Morgan fingerprint density at radius 3 is 2.35 bits per heavy atom. The van der Waals surface area contributed by atoms with Crippen LogP contribution < -0.4 is 0 Å². The Bertz CT molecular complexity index is 483. The molecule has 1 heterocycles. The van der Waals surface area contributed by atoms with Crippen molar-refractivity contribution in [2.45, 2.75) is 45.1 Å². The molecule has 1 aliphatic carbocycles. The molecule has 2 rings (SSSR count). The van der Waals surface area contributed by atoms with Gasteiger partial charge in [-0.1, -0.05) is 13.8 Å². The molecular weight excluding hydrogens is 318 g/mol. The van der Waals surface area contributed by atoms with Crippen LogP contribution in [0.25, 0.3) is 0 Å². The van der Waals surface area contributed by atoms with Gasteiger partial charge in [-0.15, -0.1) is 0 Å². The second-order valence-electron chi connectivity index (χ2n) is 6.95. The van der Waals surface area contributed by atoms with Gasteiger partial charge in [-0.05, 0) is 31.6 Å². The minimum Gasteiger partial charge on any atom is -0.457 e. The summed E-state index contributed by atoms with van der Waals surface area (Å²) in [6, 6.07) is 0. The molecule has 0 amide bonds. The molecule has 1 aliphatic heterocycles. The average Bonchev–Trinajstić information content (AvgIpc) is 2.95. The van der Waals surface area contributed by atoms with Crippen LogP contribution >= 0.6 is 0 Å². The topological polar surface area (TPSA) is 72.9 Å². The fourth-order valence-electron chi connectivity index (χ4n) is 3.35. The molecule has 2 aliphatic rings. The van der Waals surface area contributed by atoms with Gasteiger partial charge in [0.15, 0.2) is 9.84 Å². The van der Waals surface area contributed by atoms with E-state index in [1.54, 1.807) is 0 Å². The number of esters is 1. The second-order valence-corrected chi connectivity index (χ2v) is 9.25. The summed E-state index contributed by atoms with van der Waals surface area (Å²) in [7, 11) is -2.84. The van der Waals surface area contributed by atoms with E-state index in [0.29, 0.717) is 32.2 Å². The van der Waals surface area contributed by atoms with Crippen molar-refractivity contribution in [3.8, 4) is 0 Å². The summed E-state index contributed by atoms with van der Waals surface area (Å²) in [6.07, 6.45) is 4.12. The van der Waals surface area contributed by atoms with Crippen LogP contribution in [0.3, 0.4) is 0 Å². The van der Waals surface area contributed by atoms with E-state index >= 15 is 0 Å². The number of rotatable bonds is 7. The first-order valence-electron chi connectivity index (χ1n) is 8.55. The van der Waals surface area contributed by atoms with Crippen LogP contribution in [0.5, 0.6) is 0 Å². The van der Waals surface area contributed by atoms with Gasteiger partial charge in [0.1, 0.15) is 12.2 Å². The zero-order valence-electron chi connectivity index (χ0n) is 14.3. The summed E-state index contributed by atoms with van der Waals surface area (Å²) < 4.78 is 33.8. The smallest absolute Gasteiger partial charge is 0.332 e. The number of sulfone groups is 1. The maximum Gasteiger partial charge on any atom is 0.332 e. The Morgan fingerprint density at radius 1 is 1.17 bits per heavy atom. The van der Waals surface area contributed by atoms with Crippen molar-refractivity contribution in [1.29, 1.82) is 0 Å². The number of ether oxygens (including phenoxy) is 2. The van der Waals surface area contributed by atoms with Gasteiger partial charge < -0.3 is 9.47 Å². The lowest BCUT2D eigenvalue weighted by Gasteiger charge is -2.33. The van der Waals surface area contributed by atoms with E-state index in [2.05, 4.69) is 18.7 Å². The molecule has 0 aromatic heterocycles. The van der Waals surface area contributed by atoms with Crippen molar-refractivity contribution >= 4 is 15.8 Å². The van der Waals surface area contributed by atoms with E-state index in [-0.39, 0.29) is 29.7 Å². The zero-order chi connectivity index (χ0) is 16.9. The fourth-order valence-corrected chi connectivity index (χ4v) is 4.63. The SMILES string of the molecule is CC(C)C1(OC(=O)COCCN2CCS(=O)(=O)CC2)CCCC1. The third kappa shape index (κ3) is 5.43. The van der Waals surface area contributed by atoms with Gasteiger partial charge >= 0.3 is 5.97 Å². The number of carbonyl (C=O) groups is 1. The fraction of sp³-hybridized carbons (Fsp3) is 0.938. The molecular formula is C16H29NO5S. The summed E-state index contributed by atoms with van der Waals surface area (Å²) in [5, 5.41) is 0. The van der Waals surface area contributed by atoms with E-state index in [1.807, 2.05) is 0 Å². The second kappa shape index (κ2) is 7.94. The van der Waals surface area contributed by atoms with Crippen LogP contribution in [0.15, 0.2) is 0 Å². The van der Waals surface area contributed by atoms with Crippen molar-refractivity contribution in [3.63, 3.8) is 0 Å². The number of hydrogen-bond donors (Lipinski definition) is 0. The molecule has 2 fully saturated rings.